The normalized spacial score (nSPS) is 23.7. The average Bonchev–Trinajstić information content (AvgIpc) is 1.24. The molecule has 1 saturated carbocycles. The Morgan fingerprint density at radius 2 is 0.866 bits per heavy atom. The first-order valence-corrected chi connectivity index (χ1v) is 33.6. The van der Waals surface area contributed by atoms with Crippen LogP contribution in [0.25, 0.3) is 43.1 Å². The van der Waals surface area contributed by atoms with Crippen LogP contribution in [0.5, 0.6) is 23.0 Å². The molecule has 2 heterocycles. The zero-order valence-electron chi connectivity index (χ0n) is 61.4. The summed E-state index contributed by atoms with van der Waals surface area (Å²) < 4.78 is 44.5. The molecule has 11 rings (SSSR count). The number of aliphatic hydroxyl groups is 7. The number of carboxylic acids is 4. The number of nitrogens with one attached hydrogen (secondary N) is 3. The summed E-state index contributed by atoms with van der Waals surface area (Å²) in [4.78, 5) is 112. The number of carboxylic acid groups (broad SMARTS) is 4. The standard InChI is InChI=1S/2C27H20O8.C21H39N7O12.2Na/c2*1-14(28)34-24-20(18-9-5-3-7-16(18)11-22(24)26(30)31)13-21-19-10-6-4-8-17(19)12-23(27(32)33)25(21)35-15(2)29;1-5-21(36,4-30)16(40-17-9(26-2)13(34)10(31)6(3-29)38-17)18(37-5)39-15-8(28-20(24)25)11(32)7(27-19(22)23)12(33)14(15)35;;/h2*3-12H,13H2,1-2H3,(H,30,31)(H,32,33);4-18,26,29,31-36H,3H2,1-2H3,(H4,22,23,27)(H4,24,25,28);;/t;;5-,6-,7+,8-,9-,10-,11+,12-,13-,14+,15+,16-,17-,18-,21+;;/m..0../s1. The van der Waals surface area contributed by atoms with Crippen molar-refractivity contribution in [3.05, 3.63) is 166 Å². The van der Waals surface area contributed by atoms with Crippen LogP contribution in [0.15, 0.2) is 126 Å². The van der Waals surface area contributed by atoms with Crippen molar-refractivity contribution < 1.29 is 137 Å². The molecule has 8 aromatic rings. The average molecular weight is 1570 g/mol. The van der Waals surface area contributed by atoms with Crippen molar-refractivity contribution in [3.63, 3.8) is 0 Å². The second kappa shape index (κ2) is 38.2. The minimum Gasteiger partial charge on any atom is -0.478 e. The van der Waals surface area contributed by atoms with Crippen molar-refractivity contribution in [1.29, 1.82) is 5.41 Å². The van der Waals surface area contributed by atoms with Crippen LogP contribution in [0.1, 0.15) is 98.3 Å². The van der Waals surface area contributed by atoms with Gasteiger partial charge in [-0.1, -0.05) is 97.1 Å². The number of ether oxygens (including phenoxy) is 8. The fourth-order valence-electron chi connectivity index (χ4n) is 13.5. The summed E-state index contributed by atoms with van der Waals surface area (Å²) in [5.74, 6) is -9.80. The van der Waals surface area contributed by atoms with Crippen LogP contribution in [0.3, 0.4) is 0 Å². The number of guanidine groups is 2. The Morgan fingerprint density at radius 1 is 0.518 bits per heavy atom. The Bertz CT molecular complexity index is 4510. The summed E-state index contributed by atoms with van der Waals surface area (Å²) in [5, 5.41) is 131. The van der Waals surface area contributed by atoms with Crippen LogP contribution in [0.4, 0.5) is 0 Å². The SMILES string of the molecule is CC(=O)Oc1c(C(=O)O)cc2ccccc2c1Cc1c(OC(C)=O)c(C(=O)O)cc2ccccc12.CC(=O)Oc1c(C(=O)O)cc2ccccc2c1Cc1c(OC(C)=O)c(C(=O)O)cc2ccccc12.CN[C@@H]1[C@H](O[C@H]2[C@H](O[C@H]3[C@H](O)[C@@H](O)[C@H](N=C(N)N)[C@@H](O)[C@@H]3NC(=N)N)O[C@@H](C)[C@]2(O)C=O)O[C@@H](CO)[C@H](O)[C@H]1O.[Na].[Na]. The number of fused-ring (bicyclic) bond motifs is 4. The molecule has 15 atom stereocenters. The first kappa shape index (κ1) is 89.5. The number of likely N-dealkylation sites (N-methyl/N-ethyl adjacent to an activating group) is 1. The first-order valence-electron chi connectivity index (χ1n) is 33.6. The van der Waals surface area contributed by atoms with E-state index in [1.54, 1.807) is 97.1 Å². The Labute approximate surface area is 680 Å². The van der Waals surface area contributed by atoms with Gasteiger partial charge in [0.25, 0.3) is 0 Å². The molecular formula is C75H79N7Na2O28. The van der Waals surface area contributed by atoms with Crippen LogP contribution >= 0.6 is 0 Å². The number of rotatable bonds is 21. The number of nitrogens with zero attached hydrogens (tertiary/aromatic N) is 1. The minimum absolute atomic E-state index is 0. The molecule has 2 radical (unpaired) electrons. The molecule has 3 fully saturated rings. The summed E-state index contributed by atoms with van der Waals surface area (Å²) in [7, 11) is 1.42. The number of carbonyl (C=O) groups excluding carboxylic acids is 5. The zero-order chi connectivity index (χ0) is 80.7. The van der Waals surface area contributed by atoms with E-state index in [-0.39, 0.29) is 123 Å². The summed E-state index contributed by atoms with van der Waals surface area (Å²) in [6, 6.07) is 29.5. The maximum absolute atomic E-state index is 12.1. The van der Waals surface area contributed by atoms with Crippen LogP contribution in [-0.4, -0.2) is 286 Å². The van der Waals surface area contributed by atoms with Crippen LogP contribution in [0, 0.1) is 5.41 Å². The van der Waals surface area contributed by atoms with Gasteiger partial charge in [-0.2, -0.15) is 0 Å². The number of aliphatic imine (C=N–C) groups is 1. The third-order valence-electron chi connectivity index (χ3n) is 18.4. The molecule has 35 nitrogen and oxygen atoms in total. The van der Waals surface area contributed by atoms with Gasteiger partial charge in [-0.3, -0.25) is 29.4 Å². The van der Waals surface area contributed by atoms with E-state index in [4.69, 9.17) is 60.5 Å². The van der Waals surface area contributed by atoms with Gasteiger partial charge in [0, 0.05) is 122 Å². The molecule has 37 heteroatoms. The molecule has 8 aromatic carbocycles. The number of esters is 4. The molecule has 584 valence electrons. The largest absolute Gasteiger partial charge is 0.478 e. The maximum Gasteiger partial charge on any atom is 0.339 e. The van der Waals surface area contributed by atoms with E-state index in [0.717, 1.165) is 27.7 Å². The smallest absolute Gasteiger partial charge is 0.339 e. The summed E-state index contributed by atoms with van der Waals surface area (Å²) >= 11 is 0. The van der Waals surface area contributed by atoms with Crippen LogP contribution in [-0.2, 0) is 55.8 Å². The van der Waals surface area contributed by atoms with E-state index in [1.807, 2.05) is 0 Å². The van der Waals surface area contributed by atoms with Gasteiger partial charge in [0.1, 0.15) is 100 Å². The van der Waals surface area contributed by atoms with Gasteiger partial charge >= 0.3 is 47.8 Å². The molecule has 2 saturated heterocycles. The molecule has 0 unspecified atom stereocenters. The van der Waals surface area contributed by atoms with E-state index in [0.29, 0.717) is 65.3 Å². The molecule has 0 bridgehead atoms. The molecule has 20 N–H and O–H groups in total. The molecule has 0 spiro atoms. The first-order chi connectivity index (χ1) is 52.0. The quantitative estimate of drug-likeness (QED) is 0.0119. The number of aldehydes is 1. The molecule has 1 aliphatic carbocycles. The van der Waals surface area contributed by atoms with Crippen molar-refractivity contribution in [3.8, 4) is 23.0 Å². The Balaban J connectivity index is 0.000000232. The summed E-state index contributed by atoms with van der Waals surface area (Å²) in [5.41, 5.74) is 14.3. The molecule has 3 aliphatic rings. The fourth-order valence-corrected chi connectivity index (χ4v) is 13.5. The number of nitrogens with two attached hydrogens (primary N) is 3. The van der Waals surface area contributed by atoms with Crippen molar-refractivity contribution >= 4 is 168 Å². The third kappa shape index (κ3) is 19.5. The van der Waals surface area contributed by atoms with E-state index in [9.17, 15) is 99.3 Å². The Hall–Kier alpha value is -9.71. The van der Waals surface area contributed by atoms with E-state index in [2.05, 4.69) is 15.6 Å². The molecule has 0 aromatic heterocycles. The van der Waals surface area contributed by atoms with Crippen LogP contribution < -0.4 is 46.8 Å². The summed E-state index contributed by atoms with van der Waals surface area (Å²) in [6.45, 7) is 5.26. The van der Waals surface area contributed by atoms with Crippen LogP contribution in [0.2, 0.25) is 0 Å². The van der Waals surface area contributed by atoms with Gasteiger partial charge in [-0.15, -0.1) is 0 Å². The van der Waals surface area contributed by atoms with Gasteiger partial charge in [0.15, 0.2) is 36.4 Å². The fraction of sp³-hybridized carbons (Fsp3) is 0.320. The molecule has 2 aliphatic heterocycles. The van der Waals surface area contributed by atoms with Crippen molar-refractivity contribution in [2.45, 2.75) is 139 Å². The number of hydrogen-bond acceptors (Lipinski definition) is 27. The van der Waals surface area contributed by atoms with Gasteiger partial charge in [0.2, 0.25) is 0 Å². The van der Waals surface area contributed by atoms with Crippen molar-refractivity contribution in [2.75, 3.05) is 13.7 Å². The van der Waals surface area contributed by atoms with E-state index < -0.39 is 158 Å². The number of hydrogen-bond donors (Lipinski definition) is 17. The van der Waals surface area contributed by atoms with E-state index in [1.165, 1.54) is 38.2 Å². The van der Waals surface area contributed by atoms with Crippen molar-refractivity contribution in [1.82, 2.24) is 10.6 Å². The summed E-state index contributed by atoms with van der Waals surface area (Å²) in [6.07, 6.45) is -17.4. The topological polar surface area (TPSA) is 588 Å². The van der Waals surface area contributed by atoms with Gasteiger partial charge < -0.3 is 122 Å². The predicted octanol–water partition coefficient (Wildman–Crippen LogP) is 0.949. The Morgan fingerprint density at radius 3 is 1.16 bits per heavy atom. The Kier molecular flexibility index (Phi) is 30.5. The third-order valence-corrected chi connectivity index (χ3v) is 18.4. The number of aromatic carboxylic acids is 4. The second-order valence-corrected chi connectivity index (χ2v) is 25.7. The van der Waals surface area contributed by atoms with Gasteiger partial charge in [0.05, 0.1) is 24.8 Å². The number of carbonyl (C=O) groups is 9. The second-order valence-electron chi connectivity index (χ2n) is 25.7. The molecule has 112 heavy (non-hydrogen) atoms. The number of aliphatic hydroxyl groups excluding tert-OH is 6. The van der Waals surface area contributed by atoms with Crippen molar-refractivity contribution in [2.24, 2.45) is 22.2 Å². The molecular weight excluding hydrogens is 1490 g/mol. The van der Waals surface area contributed by atoms with E-state index >= 15 is 0 Å². The molecule has 0 amide bonds. The van der Waals surface area contributed by atoms with Gasteiger partial charge in [-0.05, 0) is 81.3 Å². The maximum atomic E-state index is 12.1. The predicted molar refractivity (Wildman–Crippen MR) is 398 cm³/mol. The van der Waals surface area contributed by atoms with Gasteiger partial charge in [-0.25, -0.2) is 24.2 Å². The zero-order valence-corrected chi connectivity index (χ0v) is 65.4. The monoisotopic (exact) mass is 1570 g/mol. The minimum atomic E-state index is -2.39. The number of benzene rings is 8.